The molecule has 0 aromatic carbocycles. The standard InChI is InChI=1S/C11H17NO3/c1-11(2,3)15-10(14)12-6-9(13)7-4-8(12)5-7/h7-8H,4-6H2,1-3H3. The molecule has 4 heteroatoms. The molecule has 1 amide bonds. The topological polar surface area (TPSA) is 46.6 Å². The largest absolute Gasteiger partial charge is 0.444 e. The van der Waals surface area contributed by atoms with Gasteiger partial charge < -0.3 is 4.74 Å². The highest BCUT2D eigenvalue weighted by atomic mass is 16.6. The summed E-state index contributed by atoms with van der Waals surface area (Å²) in [6.07, 6.45) is 1.31. The van der Waals surface area contributed by atoms with E-state index in [-0.39, 0.29) is 30.4 Å². The van der Waals surface area contributed by atoms with Crippen LogP contribution in [0, 0.1) is 5.92 Å². The van der Waals surface area contributed by atoms with Crippen LogP contribution in [0.1, 0.15) is 33.6 Å². The van der Waals surface area contributed by atoms with E-state index in [2.05, 4.69) is 0 Å². The maximum absolute atomic E-state index is 11.7. The Hall–Kier alpha value is -1.06. The van der Waals surface area contributed by atoms with Crippen LogP contribution in [0.3, 0.4) is 0 Å². The lowest BCUT2D eigenvalue weighted by atomic mass is 9.73. The second-order valence-electron chi connectivity index (χ2n) is 5.40. The third kappa shape index (κ3) is 1.98. The average Bonchev–Trinajstić information content (AvgIpc) is 1.97. The van der Waals surface area contributed by atoms with E-state index >= 15 is 0 Å². The molecule has 2 aliphatic heterocycles. The van der Waals surface area contributed by atoms with Crippen LogP contribution >= 0.6 is 0 Å². The lowest BCUT2D eigenvalue weighted by Crippen LogP contribution is -2.59. The Morgan fingerprint density at radius 3 is 2.47 bits per heavy atom. The molecule has 1 saturated carbocycles. The Morgan fingerprint density at radius 2 is 2.00 bits per heavy atom. The zero-order valence-corrected chi connectivity index (χ0v) is 9.45. The summed E-state index contributed by atoms with van der Waals surface area (Å²) in [6.45, 7) is 5.74. The van der Waals surface area contributed by atoms with Gasteiger partial charge in [-0.3, -0.25) is 9.69 Å². The van der Waals surface area contributed by atoms with Gasteiger partial charge in [-0.15, -0.1) is 0 Å². The summed E-state index contributed by atoms with van der Waals surface area (Å²) in [7, 11) is 0. The second-order valence-corrected chi connectivity index (χ2v) is 5.40. The molecule has 0 spiro atoms. The molecule has 0 N–H and O–H groups in total. The van der Waals surface area contributed by atoms with Gasteiger partial charge in [0.2, 0.25) is 0 Å². The van der Waals surface area contributed by atoms with E-state index in [9.17, 15) is 9.59 Å². The van der Waals surface area contributed by atoms with Crippen molar-refractivity contribution in [2.24, 2.45) is 5.92 Å². The van der Waals surface area contributed by atoms with Crippen molar-refractivity contribution in [3.05, 3.63) is 0 Å². The summed E-state index contributed by atoms with van der Waals surface area (Å²) < 4.78 is 5.26. The lowest BCUT2D eigenvalue weighted by Gasteiger charge is -2.47. The van der Waals surface area contributed by atoms with Gasteiger partial charge in [-0.1, -0.05) is 0 Å². The van der Waals surface area contributed by atoms with Crippen LogP contribution in [-0.2, 0) is 9.53 Å². The first-order chi connectivity index (χ1) is 6.87. The predicted molar refractivity (Wildman–Crippen MR) is 54.5 cm³/mol. The number of piperidine rings is 2. The van der Waals surface area contributed by atoms with Crippen molar-refractivity contribution in [2.75, 3.05) is 6.54 Å². The van der Waals surface area contributed by atoms with E-state index in [0.717, 1.165) is 12.8 Å². The summed E-state index contributed by atoms with van der Waals surface area (Å²) in [6, 6.07) is 0.238. The van der Waals surface area contributed by atoms with Crippen LogP contribution in [0.15, 0.2) is 0 Å². The first kappa shape index (κ1) is 10.5. The summed E-state index contributed by atoms with van der Waals surface area (Å²) in [5, 5.41) is 0. The Labute approximate surface area is 89.6 Å². The van der Waals surface area contributed by atoms with Gasteiger partial charge in [0.25, 0.3) is 0 Å². The molecule has 0 unspecified atom stereocenters. The number of ether oxygens (including phenoxy) is 1. The fraction of sp³-hybridized carbons (Fsp3) is 0.818. The molecular weight excluding hydrogens is 194 g/mol. The zero-order valence-electron chi connectivity index (χ0n) is 9.45. The molecule has 2 heterocycles. The fourth-order valence-electron chi connectivity index (χ4n) is 2.07. The molecule has 2 saturated heterocycles. The number of Topliss-reactive ketones (excluding diaryl/α,β-unsaturated/α-hetero) is 1. The van der Waals surface area contributed by atoms with E-state index in [1.807, 2.05) is 20.8 Å². The minimum atomic E-state index is -0.485. The minimum absolute atomic E-state index is 0.184. The molecule has 0 atom stereocenters. The van der Waals surface area contributed by atoms with E-state index < -0.39 is 5.60 Å². The number of nitrogens with zero attached hydrogens (tertiary/aromatic N) is 1. The average molecular weight is 211 g/mol. The number of amides is 1. The van der Waals surface area contributed by atoms with Crippen molar-refractivity contribution < 1.29 is 14.3 Å². The molecular formula is C11H17NO3. The van der Waals surface area contributed by atoms with Crippen molar-refractivity contribution in [1.29, 1.82) is 0 Å². The van der Waals surface area contributed by atoms with Gasteiger partial charge >= 0.3 is 6.09 Å². The van der Waals surface area contributed by atoms with Crippen LogP contribution in [0.5, 0.6) is 0 Å². The molecule has 3 fully saturated rings. The van der Waals surface area contributed by atoms with Crippen LogP contribution in [0.25, 0.3) is 0 Å². The van der Waals surface area contributed by atoms with Gasteiger partial charge in [0, 0.05) is 12.0 Å². The molecule has 0 aromatic rings. The number of fused-ring (bicyclic) bond motifs is 2. The molecule has 15 heavy (non-hydrogen) atoms. The molecule has 84 valence electrons. The molecule has 0 radical (unpaired) electrons. The first-order valence-corrected chi connectivity index (χ1v) is 5.39. The maximum atomic E-state index is 11.7. The Kier molecular flexibility index (Phi) is 2.24. The summed E-state index contributed by atoms with van der Waals surface area (Å²) in [5.74, 6) is 0.400. The normalized spacial score (nSPS) is 29.8. The zero-order chi connectivity index (χ0) is 11.2. The number of carbonyl (C=O) groups excluding carboxylic acids is 2. The van der Waals surface area contributed by atoms with E-state index in [4.69, 9.17) is 4.74 Å². The van der Waals surface area contributed by atoms with Crippen LogP contribution in [0.2, 0.25) is 0 Å². The Morgan fingerprint density at radius 1 is 1.40 bits per heavy atom. The Bertz CT molecular complexity index is 299. The van der Waals surface area contributed by atoms with E-state index in [1.165, 1.54) is 0 Å². The third-order valence-electron chi connectivity index (χ3n) is 2.96. The Balaban J connectivity index is 1.98. The van der Waals surface area contributed by atoms with Crippen molar-refractivity contribution in [1.82, 2.24) is 4.90 Å². The maximum Gasteiger partial charge on any atom is 0.410 e. The van der Waals surface area contributed by atoms with Crippen LogP contribution < -0.4 is 0 Å². The van der Waals surface area contributed by atoms with Crippen molar-refractivity contribution in [3.8, 4) is 0 Å². The smallest absolute Gasteiger partial charge is 0.410 e. The van der Waals surface area contributed by atoms with E-state index in [1.54, 1.807) is 4.90 Å². The van der Waals surface area contributed by atoms with Gasteiger partial charge in [0.1, 0.15) is 5.60 Å². The van der Waals surface area contributed by atoms with Crippen LogP contribution in [-0.4, -0.2) is 35.0 Å². The quantitative estimate of drug-likeness (QED) is 0.611. The highest BCUT2D eigenvalue weighted by Gasteiger charge is 2.46. The van der Waals surface area contributed by atoms with Crippen molar-refractivity contribution >= 4 is 11.9 Å². The molecule has 3 rings (SSSR count). The summed E-state index contributed by atoms with van der Waals surface area (Å²) in [4.78, 5) is 24.8. The molecule has 0 aromatic heterocycles. The molecule has 3 aliphatic rings. The number of hydrogen-bond donors (Lipinski definition) is 0. The third-order valence-corrected chi connectivity index (χ3v) is 2.96. The number of hydrogen-bond acceptors (Lipinski definition) is 3. The number of ketones is 1. The van der Waals surface area contributed by atoms with Crippen LogP contribution in [0.4, 0.5) is 4.79 Å². The van der Waals surface area contributed by atoms with Gasteiger partial charge in [-0.05, 0) is 33.6 Å². The molecule has 4 nitrogen and oxygen atoms in total. The van der Waals surface area contributed by atoms with Gasteiger partial charge in [0.15, 0.2) is 5.78 Å². The van der Waals surface area contributed by atoms with Gasteiger partial charge in [-0.25, -0.2) is 4.79 Å². The number of carbonyl (C=O) groups is 2. The molecule has 1 aliphatic carbocycles. The monoisotopic (exact) mass is 211 g/mol. The van der Waals surface area contributed by atoms with E-state index in [0.29, 0.717) is 0 Å². The fourth-order valence-corrected chi connectivity index (χ4v) is 2.07. The first-order valence-electron chi connectivity index (χ1n) is 5.39. The van der Waals surface area contributed by atoms with Crippen molar-refractivity contribution in [3.63, 3.8) is 0 Å². The second kappa shape index (κ2) is 3.22. The van der Waals surface area contributed by atoms with Gasteiger partial charge in [0.05, 0.1) is 6.54 Å². The predicted octanol–water partition coefficient (Wildman–Crippen LogP) is 1.58. The summed E-state index contributed by atoms with van der Waals surface area (Å²) >= 11 is 0. The number of rotatable bonds is 0. The van der Waals surface area contributed by atoms with Gasteiger partial charge in [-0.2, -0.15) is 0 Å². The highest BCUT2D eigenvalue weighted by molar-refractivity contribution is 5.89. The highest BCUT2D eigenvalue weighted by Crippen LogP contribution is 2.37. The lowest BCUT2D eigenvalue weighted by molar-refractivity contribution is -0.136. The van der Waals surface area contributed by atoms with Crippen molar-refractivity contribution in [2.45, 2.75) is 45.3 Å². The summed E-state index contributed by atoms with van der Waals surface area (Å²) in [5.41, 5.74) is -0.485. The minimum Gasteiger partial charge on any atom is -0.444 e. The molecule has 2 bridgehead atoms. The SMILES string of the molecule is CC(C)(C)OC(=O)N1CC(=O)C2CC1C2.